The van der Waals surface area contributed by atoms with Crippen LogP contribution in [0.25, 0.3) is 22.6 Å². The molecular formula is C20H16FN3O3. The molecule has 0 bridgehead atoms. The lowest BCUT2D eigenvalue weighted by Crippen LogP contribution is -2.06. The Labute approximate surface area is 153 Å². The molecule has 0 aliphatic rings. The Morgan fingerprint density at radius 3 is 2.67 bits per heavy atom. The summed E-state index contributed by atoms with van der Waals surface area (Å²) in [5, 5.41) is 4.35. The Kier molecular flexibility index (Phi) is 4.19. The normalized spacial score (nSPS) is 11.1. The smallest absolute Gasteiger partial charge is 0.197 e. The summed E-state index contributed by atoms with van der Waals surface area (Å²) in [7, 11) is 1.72. The monoisotopic (exact) mass is 365 g/mol. The lowest BCUT2D eigenvalue weighted by molar-refractivity contribution is 0.309. The highest BCUT2D eigenvalue weighted by molar-refractivity contribution is 5.85. The van der Waals surface area contributed by atoms with Gasteiger partial charge < -0.3 is 9.15 Å². The van der Waals surface area contributed by atoms with Crippen LogP contribution in [0.3, 0.4) is 0 Å². The van der Waals surface area contributed by atoms with E-state index in [-0.39, 0.29) is 17.9 Å². The zero-order valence-electron chi connectivity index (χ0n) is 14.8. The Bertz CT molecular complexity index is 1180. The van der Waals surface area contributed by atoms with E-state index in [1.807, 2.05) is 6.92 Å². The van der Waals surface area contributed by atoms with Gasteiger partial charge in [0.2, 0.25) is 0 Å². The molecule has 0 aliphatic heterocycles. The molecule has 0 unspecified atom stereocenters. The van der Waals surface area contributed by atoms with Crippen molar-refractivity contribution >= 4 is 11.0 Å². The molecule has 2 aromatic heterocycles. The molecule has 0 N–H and O–H groups in total. The van der Waals surface area contributed by atoms with Crippen LogP contribution in [0.4, 0.5) is 4.39 Å². The molecule has 2 heterocycles. The van der Waals surface area contributed by atoms with Gasteiger partial charge in [-0.05, 0) is 42.3 Å². The van der Waals surface area contributed by atoms with Crippen molar-refractivity contribution < 1.29 is 13.5 Å². The number of rotatable bonds is 4. The minimum absolute atomic E-state index is 0.212. The minimum Gasteiger partial charge on any atom is -0.488 e. The van der Waals surface area contributed by atoms with Crippen LogP contribution in [0.2, 0.25) is 0 Å². The quantitative estimate of drug-likeness (QED) is 0.552. The van der Waals surface area contributed by atoms with Gasteiger partial charge in [0, 0.05) is 13.1 Å². The summed E-state index contributed by atoms with van der Waals surface area (Å²) in [6, 6.07) is 11.0. The predicted molar refractivity (Wildman–Crippen MR) is 98.0 cm³/mol. The minimum atomic E-state index is -0.309. The summed E-state index contributed by atoms with van der Waals surface area (Å²) in [5.41, 5.74) is 1.86. The molecule has 6 nitrogen and oxygen atoms in total. The molecule has 0 amide bonds. The van der Waals surface area contributed by atoms with Crippen molar-refractivity contribution in [1.29, 1.82) is 0 Å². The largest absolute Gasteiger partial charge is 0.488 e. The number of aromatic nitrogens is 3. The van der Waals surface area contributed by atoms with Crippen LogP contribution in [0.1, 0.15) is 11.1 Å². The fourth-order valence-electron chi connectivity index (χ4n) is 2.87. The van der Waals surface area contributed by atoms with Gasteiger partial charge in [0.25, 0.3) is 0 Å². The number of aryl methyl sites for hydroxylation is 2. The molecule has 0 atom stereocenters. The topological polar surface area (TPSA) is 70.2 Å². The van der Waals surface area contributed by atoms with E-state index in [2.05, 4.69) is 10.1 Å². The van der Waals surface area contributed by atoms with Crippen LogP contribution >= 0.6 is 0 Å². The van der Waals surface area contributed by atoms with Crippen molar-refractivity contribution in [2.24, 2.45) is 7.05 Å². The van der Waals surface area contributed by atoms with Crippen LogP contribution < -0.4 is 10.2 Å². The molecule has 136 valence electrons. The predicted octanol–water partition coefficient (Wildman–Crippen LogP) is 3.62. The summed E-state index contributed by atoms with van der Waals surface area (Å²) in [6.07, 6.45) is 1.40. The van der Waals surface area contributed by atoms with E-state index < -0.39 is 0 Å². The van der Waals surface area contributed by atoms with Gasteiger partial charge in [0.05, 0.1) is 0 Å². The first-order valence-corrected chi connectivity index (χ1v) is 8.31. The zero-order valence-corrected chi connectivity index (χ0v) is 14.8. The van der Waals surface area contributed by atoms with Crippen molar-refractivity contribution in [3.63, 3.8) is 0 Å². The summed E-state index contributed by atoms with van der Waals surface area (Å²) in [6.45, 7) is 2.10. The molecule has 0 fully saturated rings. The molecule has 0 radical (unpaired) electrons. The summed E-state index contributed by atoms with van der Waals surface area (Å²) in [4.78, 5) is 16.9. The number of ether oxygens (including phenoxy) is 1. The van der Waals surface area contributed by atoms with Gasteiger partial charge in [0.15, 0.2) is 17.0 Å². The van der Waals surface area contributed by atoms with E-state index in [0.717, 1.165) is 11.1 Å². The number of halogens is 1. The first-order valence-electron chi connectivity index (χ1n) is 8.31. The van der Waals surface area contributed by atoms with E-state index in [4.69, 9.17) is 9.15 Å². The Morgan fingerprint density at radius 1 is 1.19 bits per heavy atom. The highest BCUT2D eigenvalue weighted by Gasteiger charge is 2.15. The molecule has 0 saturated heterocycles. The van der Waals surface area contributed by atoms with Crippen LogP contribution in [-0.2, 0) is 13.7 Å². The van der Waals surface area contributed by atoms with Gasteiger partial charge in [-0.3, -0.25) is 4.79 Å². The van der Waals surface area contributed by atoms with Crippen molar-refractivity contribution in [2.75, 3.05) is 0 Å². The maximum absolute atomic E-state index is 13.0. The van der Waals surface area contributed by atoms with Gasteiger partial charge in [0.1, 0.15) is 35.5 Å². The number of hydrogen-bond donors (Lipinski definition) is 0. The van der Waals surface area contributed by atoms with Crippen molar-refractivity contribution in [3.05, 3.63) is 76.0 Å². The van der Waals surface area contributed by atoms with Gasteiger partial charge >= 0.3 is 0 Å². The average Bonchev–Trinajstić information content (AvgIpc) is 3.06. The van der Waals surface area contributed by atoms with Crippen molar-refractivity contribution in [1.82, 2.24) is 14.8 Å². The van der Waals surface area contributed by atoms with Gasteiger partial charge in [-0.2, -0.15) is 5.10 Å². The fourth-order valence-corrected chi connectivity index (χ4v) is 2.87. The summed E-state index contributed by atoms with van der Waals surface area (Å²) < 4.78 is 26.3. The second kappa shape index (κ2) is 6.68. The summed E-state index contributed by atoms with van der Waals surface area (Å²) >= 11 is 0. The first kappa shape index (κ1) is 17.0. The van der Waals surface area contributed by atoms with Gasteiger partial charge in [-0.1, -0.05) is 12.1 Å². The standard InChI is InChI=1S/C20H16FN3O3/c1-12-7-16(26-10-13-3-5-14(21)6-4-13)19-15(25)9-18(27-17(19)8-12)20-22-11-23-24(20)2/h3-9,11H,10H2,1-2H3. The lowest BCUT2D eigenvalue weighted by Gasteiger charge is -2.11. The highest BCUT2D eigenvalue weighted by Crippen LogP contribution is 2.28. The molecule has 2 aromatic carbocycles. The third kappa shape index (κ3) is 3.31. The second-order valence-corrected chi connectivity index (χ2v) is 6.23. The molecule has 4 aromatic rings. The molecule has 7 heteroatoms. The summed E-state index contributed by atoms with van der Waals surface area (Å²) in [5.74, 6) is 0.913. The fraction of sp³-hybridized carbons (Fsp3) is 0.150. The average molecular weight is 365 g/mol. The first-order chi connectivity index (χ1) is 13.0. The molecular weight excluding hydrogens is 349 g/mol. The van der Waals surface area contributed by atoms with Crippen molar-refractivity contribution in [2.45, 2.75) is 13.5 Å². The Balaban J connectivity index is 1.76. The number of benzene rings is 2. The van der Waals surface area contributed by atoms with Crippen molar-refractivity contribution in [3.8, 4) is 17.3 Å². The van der Waals surface area contributed by atoms with Crippen LogP contribution in [0.5, 0.6) is 5.75 Å². The molecule has 0 spiro atoms. The SMILES string of the molecule is Cc1cc(OCc2ccc(F)cc2)c2c(=O)cc(-c3ncnn3C)oc2c1. The Morgan fingerprint density at radius 2 is 1.96 bits per heavy atom. The number of fused-ring (bicyclic) bond motifs is 1. The lowest BCUT2D eigenvalue weighted by atomic mass is 10.1. The third-order valence-electron chi connectivity index (χ3n) is 4.18. The van der Waals surface area contributed by atoms with Crippen LogP contribution in [0, 0.1) is 12.7 Å². The zero-order chi connectivity index (χ0) is 19.0. The third-order valence-corrected chi connectivity index (χ3v) is 4.18. The molecule has 0 saturated carbocycles. The molecule has 27 heavy (non-hydrogen) atoms. The highest BCUT2D eigenvalue weighted by atomic mass is 19.1. The van der Waals surface area contributed by atoms with E-state index >= 15 is 0 Å². The number of hydrogen-bond acceptors (Lipinski definition) is 5. The van der Waals surface area contributed by atoms with E-state index in [1.54, 1.807) is 31.3 Å². The molecule has 0 aliphatic carbocycles. The van der Waals surface area contributed by atoms with Crippen LogP contribution in [0.15, 0.2) is 58.0 Å². The van der Waals surface area contributed by atoms with E-state index in [0.29, 0.717) is 28.3 Å². The number of nitrogens with zero attached hydrogens (tertiary/aromatic N) is 3. The Hall–Kier alpha value is -3.48. The molecule has 4 rings (SSSR count). The maximum Gasteiger partial charge on any atom is 0.197 e. The maximum atomic E-state index is 13.0. The van der Waals surface area contributed by atoms with Gasteiger partial charge in [-0.15, -0.1) is 0 Å². The van der Waals surface area contributed by atoms with E-state index in [9.17, 15) is 9.18 Å². The van der Waals surface area contributed by atoms with Gasteiger partial charge in [-0.25, -0.2) is 14.1 Å². The van der Waals surface area contributed by atoms with E-state index in [1.165, 1.54) is 29.2 Å². The second-order valence-electron chi connectivity index (χ2n) is 6.23. The van der Waals surface area contributed by atoms with Crippen LogP contribution in [-0.4, -0.2) is 14.8 Å².